The lowest BCUT2D eigenvalue weighted by Crippen LogP contribution is -2.24. The van der Waals surface area contributed by atoms with Gasteiger partial charge in [-0.25, -0.2) is 52.4 Å². The number of ether oxygens (including phenoxy) is 2. The van der Waals surface area contributed by atoms with Gasteiger partial charge in [0.15, 0.2) is 41.6 Å². The van der Waals surface area contributed by atoms with Crippen LogP contribution in [-0.4, -0.2) is 77.2 Å². The van der Waals surface area contributed by atoms with E-state index in [0.717, 1.165) is 31.0 Å². The molecule has 0 aromatic heterocycles. The summed E-state index contributed by atoms with van der Waals surface area (Å²) in [7, 11) is -9.89. The highest BCUT2D eigenvalue weighted by Gasteiger charge is 2.39. The maximum Gasteiger partial charge on any atom is 0.333 e. The molecule has 14 nitrogen and oxygen atoms in total. The van der Waals surface area contributed by atoms with Crippen LogP contribution in [0.3, 0.4) is 0 Å². The van der Waals surface area contributed by atoms with Gasteiger partial charge < -0.3 is 25.2 Å². The number of esters is 2. The molecule has 3 aliphatic carbocycles. The average Bonchev–Trinajstić information content (AvgIpc) is 4.16. The molecule has 3 aliphatic rings. The Bertz CT molecular complexity index is 3060. The van der Waals surface area contributed by atoms with Crippen molar-refractivity contribution in [1.82, 2.24) is 0 Å². The number of sulfone groups is 3. The van der Waals surface area contributed by atoms with Crippen molar-refractivity contribution in [1.29, 1.82) is 0 Å². The molecule has 0 heterocycles. The van der Waals surface area contributed by atoms with Crippen molar-refractivity contribution in [3.63, 3.8) is 0 Å². The predicted octanol–water partition coefficient (Wildman–Crippen LogP) is 9.38. The number of carbonyl (C=O) groups is 3. The zero-order chi connectivity index (χ0) is 51.8. The summed E-state index contributed by atoms with van der Waals surface area (Å²) in [6.07, 6.45) is 4.06. The maximum atomic E-state index is 14.0. The number of halogens is 5. The van der Waals surface area contributed by atoms with Gasteiger partial charge in [-0.1, -0.05) is 52.3 Å². The number of aliphatic carboxylic acids is 1. The number of rotatable bonds is 18. The third-order valence-electron chi connectivity index (χ3n) is 11.2. The van der Waals surface area contributed by atoms with E-state index in [9.17, 15) is 62.3 Å². The van der Waals surface area contributed by atoms with Crippen molar-refractivity contribution in [3.05, 3.63) is 149 Å². The minimum Gasteiger partial charge on any atom is -0.479 e. The Morgan fingerprint density at radius 2 is 0.859 bits per heavy atom. The standard InChI is InChI=1S/C19H19F2NO4S.C17H15F2NO4S.C13H15BrO4S/c1-2-26-19(23)18(22-17-10-5-13(20)11-16(17)21)12-3-6-14(7-4-12)27(24,25)15-8-9-15;18-11-3-8-15(14(19)9-11)20-16(17(21)22)10-1-4-12(5-2-10)25(23,24)13-6-7-13;1-2-18-13(15)12(14)9-3-5-10(6-4-9)19(16,17)11-7-8-11/h3-7,10-11,15,18,22H,2,8-9H2,1H3;1-5,8-9,13,16,20H,6-7H2,(H,21,22);3-6,11-12H,2,7-8H2,1H3. The minimum absolute atomic E-state index is 0.0656. The summed E-state index contributed by atoms with van der Waals surface area (Å²) in [5.41, 5.74) is 1.12. The van der Waals surface area contributed by atoms with Crippen LogP contribution in [0.15, 0.2) is 124 Å². The topological polar surface area (TPSA) is 216 Å². The molecule has 71 heavy (non-hydrogen) atoms. The van der Waals surface area contributed by atoms with E-state index in [0.29, 0.717) is 60.4 Å². The normalized spacial score (nSPS) is 15.8. The van der Waals surface area contributed by atoms with E-state index < -0.39 is 81.6 Å². The van der Waals surface area contributed by atoms with Crippen molar-refractivity contribution >= 4 is 74.7 Å². The molecular formula is C49H49BrF4N2O12S3. The lowest BCUT2D eigenvalue weighted by molar-refractivity contribution is -0.144. The minimum atomic E-state index is -3.37. The molecule has 3 atom stereocenters. The van der Waals surface area contributed by atoms with Crippen LogP contribution in [0.1, 0.15) is 86.0 Å². The van der Waals surface area contributed by atoms with Crippen molar-refractivity contribution in [2.75, 3.05) is 23.8 Å². The van der Waals surface area contributed by atoms with Crippen LogP contribution < -0.4 is 10.6 Å². The molecule has 0 saturated heterocycles. The van der Waals surface area contributed by atoms with Crippen LogP contribution in [0.2, 0.25) is 0 Å². The summed E-state index contributed by atoms with van der Waals surface area (Å²) >= 11 is 3.24. The number of alkyl halides is 1. The highest BCUT2D eigenvalue weighted by atomic mass is 79.9. The second-order valence-corrected chi connectivity index (χ2v) is 24.1. The Hall–Kier alpha value is -5.84. The highest BCUT2D eigenvalue weighted by molar-refractivity contribution is 9.09. The van der Waals surface area contributed by atoms with Crippen LogP contribution in [0, 0.1) is 23.3 Å². The monoisotopic (exact) mass is 1110 g/mol. The molecule has 3 N–H and O–H groups in total. The summed E-state index contributed by atoms with van der Waals surface area (Å²) in [6.45, 7) is 3.81. The van der Waals surface area contributed by atoms with E-state index >= 15 is 0 Å². The van der Waals surface area contributed by atoms with Gasteiger partial charge in [-0.2, -0.15) is 0 Å². The van der Waals surface area contributed by atoms with Crippen molar-refractivity contribution in [2.45, 2.75) is 99.7 Å². The van der Waals surface area contributed by atoms with Gasteiger partial charge in [-0.05, 0) is 130 Å². The van der Waals surface area contributed by atoms with Gasteiger partial charge in [0.25, 0.3) is 0 Å². The van der Waals surface area contributed by atoms with E-state index in [1.807, 2.05) is 0 Å². The van der Waals surface area contributed by atoms with E-state index in [4.69, 9.17) is 9.47 Å². The van der Waals surface area contributed by atoms with Gasteiger partial charge in [0.05, 0.1) is 55.0 Å². The first kappa shape index (κ1) is 54.5. The number of hydrogen-bond donors (Lipinski definition) is 3. The average molecular weight is 1110 g/mol. The molecule has 22 heteroatoms. The Morgan fingerprint density at radius 3 is 1.18 bits per heavy atom. The molecule has 5 aromatic carbocycles. The molecule has 5 aromatic rings. The smallest absolute Gasteiger partial charge is 0.333 e. The molecule has 3 fully saturated rings. The second-order valence-electron chi connectivity index (χ2n) is 16.5. The van der Waals surface area contributed by atoms with E-state index in [1.54, 1.807) is 38.1 Å². The number of benzene rings is 5. The predicted molar refractivity (Wildman–Crippen MR) is 258 cm³/mol. The summed E-state index contributed by atoms with van der Waals surface area (Å²) in [4.78, 5) is 35.5. The van der Waals surface area contributed by atoms with E-state index in [1.165, 1.54) is 54.6 Å². The van der Waals surface area contributed by atoms with Gasteiger partial charge in [-0.15, -0.1) is 0 Å². The molecule has 0 bridgehead atoms. The lowest BCUT2D eigenvalue weighted by atomic mass is 10.1. The number of anilines is 2. The Morgan fingerprint density at radius 1 is 0.535 bits per heavy atom. The van der Waals surface area contributed by atoms with Crippen LogP contribution in [0.4, 0.5) is 28.9 Å². The quantitative estimate of drug-likeness (QED) is 0.0423. The molecule has 0 spiro atoms. The fraction of sp³-hybridized carbons (Fsp3) is 0.327. The number of carboxylic acid groups (broad SMARTS) is 1. The number of carboxylic acids is 1. The van der Waals surface area contributed by atoms with Crippen LogP contribution in [0.25, 0.3) is 0 Å². The summed E-state index contributed by atoms with van der Waals surface area (Å²) in [5, 5.41) is 13.7. The number of hydrogen-bond acceptors (Lipinski definition) is 13. The summed E-state index contributed by atoms with van der Waals surface area (Å²) in [6, 6.07) is 21.0. The lowest BCUT2D eigenvalue weighted by Gasteiger charge is -2.19. The van der Waals surface area contributed by atoms with E-state index in [2.05, 4.69) is 26.6 Å². The number of nitrogens with one attached hydrogen (secondary N) is 2. The van der Waals surface area contributed by atoms with Gasteiger partial charge in [0.2, 0.25) is 0 Å². The fourth-order valence-electron chi connectivity index (χ4n) is 6.91. The zero-order valence-corrected chi connectivity index (χ0v) is 42.1. The Labute approximate surface area is 417 Å². The number of carbonyl (C=O) groups excluding carboxylic acids is 2. The molecule has 3 saturated carbocycles. The maximum absolute atomic E-state index is 14.0. The third-order valence-corrected chi connectivity index (χ3v) is 18.9. The zero-order valence-electron chi connectivity index (χ0n) is 38.1. The first-order valence-electron chi connectivity index (χ1n) is 22.2. The molecule has 3 unspecified atom stereocenters. The summed E-state index contributed by atoms with van der Waals surface area (Å²) < 4.78 is 137. The van der Waals surface area contributed by atoms with Crippen molar-refractivity contribution in [2.24, 2.45) is 0 Å². The van der Waals surface area contributed by atoms with Crippen LogP contribution in [0.5, 0.6) is 0 Å². The largest absolute Gasteiger partial charge is 0.479 e. The SMILES string of the molecule is CCOC(=O)C(Br)c1ccc(S(=O)(=O)C2CC2)cc1.CCOC(=O)C(Nc1ccc(F)cc1F)c1ccc(S(=O)(=O)C2CC2)cc1.O=C(O)C(Nc1ccc(F)cc1F)c1ccc(S(=O)(=O)C2CC2)cc1. The first-order valence-corrected chi connectivity index (χ1v) is 27.8. The second kappa shape index (κ2) is 23.1. The molecule has 0 radical (unpaired) electrons. The van der Waals surface area contributed by atoms with Crippen molar-refractivity contribution < 1.29 is 71.8 Å². The van der Waals surface area contributed by atoms with Crippen molar-refractivity contribution in [3.8, 4) is 0 Å². The van der Waals surface area contributed by atoms with Gasteiger partial charge in [0, 0.05) is 12.1 Å². The first-order chi connectivity index (χ1) is 33.6. The van der Waals surface area contributed by atoms with Crippen LogP contribution in [-0.2, 0) is 53.4 Å². The molecule has 8 rings (SSSR count). The molecule has 0 amide bonds. The van der Waals surface area contributed by atoms with Crippen LogP contribution >= 0.6 is 15.9 Å². The Balaban J connectivity index is 0.000000177. The third kappa shape index (κ3) is 14.0. The van der Waals surface area contributed by atoms with Gasteiger partial charge >= 0.3 is 17.9 Å². The molecule has 0 aliphatic heterocycles. The van der Waals surface area contributed by atoms with Gasteiger partial charge in [-0.3, -0.25) is 4.79 Å². The molecule has 380 valence electrons. The fourth-order valence-corrected chi connectivity index (χ4v) is 12.3. The highest BCUT2D eigenvalue weighted by Crippen LogP contribution is 2.37. The summed E-state index contributed by atoms with van der Waals surface area (Å²) in [5.74, 6) is -5.58. The Kier molecular flexibility index (Phi) is 17.8. The van der Waals surface area contributed by atoms with Gasteiger partial charge in [0.1, 0.15) is 28.1 Å². The molecular weight excluding hydrogens is 1060 g/mol. The van der Waals surface area contributed by atoms with E-state index in [-0.39, 0.29) is 55.1 Å².